The van der Waals surface area contributed by atoms with Gasteiger partial charge in [-0.3, -0.25) is 9.59 Å². The fraction of sp³-hybridized carbons (Fsp3) is 0.429. The highest BCUT2D eigenvalue weighted by Crippen LogP contribution is 2.22. The molecule has 8 heteroatoms. The SMILES string of the molecule is COC(=O)C[C@H]1C(=O)NCCN1S(=O)(=O)c1ccc(C)cc1. The Hall–Kier alpha value is -1.93. The van der Waals surface area contributed by atoms with E-state index >= 15 is 0 Å². The van der Waals surface area contributed by atoms with Gasteiger partial charge in [-0.1, -0.05) is 17.7 Å². The van der Waals surface area contributed by atoms with Gasteiger partial charge in [0.2, 0.25) is 15.9 Å². The molecule has 1 fully saturated rings. The number of hydrogen-bond acceptors (Lipinski definition) is 5. The number of ether oxygens (including phenoxy) is 1. The number of amides is 1. The Morgan fingerprint density at radius 2 is 2.00 bits per heavy atom. The summed E-state index contributed by atoms with van der Waals surface area (Å²) in [5.74, 6) is -1.13. The van der Waals surface area contributed by atoms with Gasteiger partial charge in [0.25, 0.3) is 0 Å². The van der Waals surface area contributed by atoms with Gasteiger partial charge in [0.15, 0.2) is 0 Å². The van der Waals surface area contributed by atoms with Crippen molar-refractivity contribution in [1.82, 2.24) is 9.62 Å². The minimum atomic E-state index is -3.85. The summed E-state index contributed by atoms with van der Waals surface area (Å²) in [5.41, 5.74) is 0.932. The Bertz CT molecular complexity index is 669. The number of nitrogens with zero attached hydrogens (tertiary/aromatic N) is 1. The zero-order chi connectivity index (χ0) is 16.3. The average molecular weight is 326 g/mol. The lowest BCUT2D eigenvalue weighted by Crippen LogP contribution is -2.57. The lowest BCUT2D eigenvalue weighted by Gasteiger charge is -2.33. The van der Waals surface area contributed by atoms with Crippen molar-refractivity contribution in [3.8, 4) is 0 Å². The van der Waals surface area contributed by atoms with Crippen LogP contribution < -0.4 is 5.32 Å². The molecule has 1 aromatic carbocycles. The number of methoxy groups -OCH3 is 1. The molecule has 2 rings (SSSR count). The van der Waals surface area contributed by atoms with Crippen LogP contribution in [0.4, 0.5) is 0 Å². The molecule has 0 aliphatic carbocycles. The molecule has 1 aliphatic rings. The first-order chi connectivity index (χ1) is 10.4. The van der Waals surface area contributed by atoms with E-state index in [2.05, 4.69) is 10.1 Å². The second kappa shape index (κ2) is 6.45. The predicted molar refractivity (Wildman–Crippen MR) is 78.5 cm³/mol. The number of carbonyl (C=O) groups excluding carboxylic acids is 2. The third kappa shape index (κ3) is 3.28. The number of nitrogens with one attached hydrogen (secondary N) is 1. The van der Waals surface area contributed by atoms with Crippen molar-refractivity contribution < 1.29 is 22.7 Å². The van der Waals surface area contributed by atoms with E-state index < -0.39 is 27.9 Å². The second-order valence-electron chi connectivity index (χ2n) is 5.02. The number of benzene rings is 1. The van der Waals surface area contributed by atoms with Crippen LogP contribution in [0.25, 0.3) is 0 Å². The summed E-state index contributed by atoms with van der Waals surface area (Å²) >= 11 is 0. The van der Waals surface area contributed by atoms with Gasteiger partial charge in [0, 0.05) is 13.1 Å². The molecule has 7 nitrogen and oxygen atoms in total. The minimum Gasteiger partial charge on any atom is -0.469 e. The second-order valence-corrected chi connectivity index (χ2v) is 6.91. The van der Waals surface area contributed by atoms with Crippen LogP contribution in [0, 0.1) is 6.92 Å². The standard InChI is InChI=1S/C14H18N2O5S/c1-10-3-5-11(6-4-10)22(19,20)16-8-7-15-14(18)12(16)9-13(17)21-2/h3-6,12H,7-9H2,1-2H3,(H,15,18)/t12-/m0/s1. The molecule has 0 bridgehead atoms. The maximum Gasteiger partial charge on any atom is 0.307 e. The van der Waals surface area contributed by atoms with Gasteiger partial charge in [-0.05, 0) is 19.1 Å². The molecule has 0 aromatic heterocycles. The lowest BCUT2D eigenvalue weighted by molar-refractivity contribution is -0.144. The summed E-state index contributed by atoms with van der Waals surface area (Å²) in [5, 5.41) is 2.57. The lowest BCUT2D eigenvalue weighted by atomic mass is 10.1. The molecule has 1 heterocycles. The molecule has 0 radical (unpaired) electrons. The number of piperazine rings is 1. The molecule has 120 valence electrons. The fourth-order valence-corrected chi connectivity index (χ4v) is 3.85. The van der Waals surface area contributed by atoms with Crippen LogP contribution in [0.2, 0.25) is 0 Å². The smallest absolute Gasteiger partial charge is 0.307 e. The van der Waals surface area contributed by atoms with E-state index in [1.165, 1.54) is 19.2 Å². The number of sulfonamides is 1. The number of aryl methyl sites for hydroxylation is 1. The molecular weight excluding hydrogens is 308 g/mol. The predicted octanol–water partition coefficient (Wildman–Crippen LogP) is 0.0472. The van der Waals surface area contributed by atoms with Crippen LogP contribution in [0.15, 0.2) is 29.2 Å². The van der Waals surface area contributed by atoms with E-state index in [9.17, 15) is 18.0 Å². The summed E-state index contributed by atoms with van der Waals surface area (Å²) in [6.07, 6.45) is -0.312. The van der Waals surface area contributed by atoms with Crippen molar-refractivity contribution in [1.29, 1.82) is 0 Å². The number of esters is 1. The highest BCUT2D eigenvalue weighted by molar-refractivity contribution is 7.89. The van der Waals surface area contributed by atoms with Crippen LogP contribution >= 0.6 is 0 Å². The Balaban J connectivity index is 2.35. The van der Waals surface area contributed by atoms with E-state index in [1.54, 1.807) is 12.1 Å². The number of carbonyl (C=O) groups is 2. The maximum atomic E-state index is 12.7. The Morgan fingerprint density at radius 1 is 1.36 bits per heavy atom. The number of rotatable bonds is 4. The third-order valence-corrected chi connectivity index (χ3v) is 5.42. The van der Waals surface area contributed by atoms with Crippen LogP contribution in [-0.4, -0.2) is 50.8 Å². The van der Waals surface area contributed by atoms with Crippen molar-refractivity contribution >= 4 is 21.9 Å². The Kier molecular flexibility index (Phi) is 4.82. The summed E-state index contributed by atoms with van der Waals surface area (Å²) in [6.45, 7) is 2.18. The first-order valence-electron chi connectivity index (χ1n) is 6.79. The van der Waals surface area contributed by atoms with Gasteiger partial charge < -0.3 is 10.1 Å². The van der Waals surface area contributed by atoms with Crippen molar-refractivity contribution in [2.24, 2.45) is 0 Å². The van der Waals surface area contributed by atoms with Crippen molar-refractivity contribution in [3.63, 3.8) is 0 Å². The summed E-state index contributed by atoms with van der Waals surface area (Å²) in [4.78, 5) is 23.5. The van der Waals surface area contributed by atoms with E-state index in [0.29, 0.717) is 0 Å². The van der Waals surface area contributed by atoms with Crippen molar-refractivity contribution in [2.45, 2.75) is 24.3 Å². The first kappa shape index (κ1) is 16.4. The molecule has 0 spiro atoms. The molecule has 1 atom stereocenters. The topological polar surface area (TPSA) is 92.8 Å². The molecule has 0 unspecified atom stereocenters. The van der Waals surface area contributed by atoms with Crippen LogP contribution in [0.3, 0.4) is 0 Å². The summed E-state index contributed by atoms with van der Waals surface area (Å²) < 4.78 is 31.0. The zero-order valence-electron chi connectivity index (χ0n) is 12.4. The molecule has 1 N–H and O–H groups in total. The Labute approximate surface area is 129 Å². The molecule has 1 aromatic rings. The number of hydrogen-bond donors (Lipinski definition) is 1. The van der Waals surface area contributed by atoms with Gasteiger partial charge in [-0.2, -0.15) is 4.31 Å². The Morgan fingerprint density at radius 3 is 2.59 bits per heavy atom. The van der Waals surface area contributed by atoms with Gasteiger partial charge in [-0.15, -0.1) is 0 Å². The van der Waals surface area contributed by atoms with Crippen LogP contribution in [-0.2, 0) is 24.3 Å². The largest absolute Gasteiger partial charge is 0.469 e. The maximum absolute atomic E-state index is 12.7. The highest BCUT2D eigenvalue weighted by Gasteiger charge is 2.39. The quantitative estimate of drug-likeness (QED) is 0.789. The summed E-state index contributed by atoms with van der Waals surface area (Å²) in [6, 6.07) is 5.27. The molecular formula is C14H18N2O5S. The molecule has 1 amide bonds. The van der Waals surface area contributed by atoms with Crippen LogP contribution in [0.1, 0.15) is 12.0 Å². The van der Waals surface area contributed by atoms with Crippen molar-refractivity contribution in [3.05, 3.63) is 29.8 Å². The van der Waals surface area contributed by atoms with Gasteiger partial charge in [-0.25, -0.2) is 8.42 Å². The summed E-state index contributed by atoms with van der Waals surface area (Å²) in [7, 11) is -2.65. The highest BCUT2D eigenvalue weighted by atomic mass is 32.2. The molecule has 1 aliphatic heterocycles. The molecule has 1 saturated heterocycles. The van der Waals surface area contributed by atoms with E-state index in [1.807, 2.05) is 6.92 Å². The van der Waals surface area contributed by atoms with E-state index in [-0.39, 0.29) is 24.4 Å². The normalized spacial score (nSPS) is 19.5. The van der Waals surface area contributed by atoms with Gasteiger partial charge in [0.05, 0.1) is 18.4 Å². The van der Waals surface area contributed by atoms with Crippen LogP contribution in [0.5, 0.6) is 0 Å². The minimum absolute atomic E-state index is 0.0997. The zero-order valence-corrected chi connectivity index (χ0v) is 13.2. The fourth-order valence-electron chi connectivity index (χ4n) is 2.26. The third-order valence-electron chi connectivity index (χ3n) is 3.50. The van der Waals surface area contributed by atoms with E-state index in [0.717, 1.165) is 9.87 Å². The monoisotopic (exact) mass is 326 g/mol. The first-order valence-corrected chi connectivity index (χ1v) is 8.23. The molecule has 22 heavy (non-hydrogen) atoms. The van der Waals surface area contributed by atoms with Crippen molar-refractivity contribution in [2.75, 3.05) is 20.2 Å². The molecule has 0 saturated carbocycles. The van der Waals surface area contributed by atoms with E-state index in [4.69, 9.17) is 0 Å². The van der Waals surface area contributed by atoms with Gasteiger partial charge in [0.1, 0.15) is 6.04 Å². The average Bonchev–Trinajstić information content (AvgIpc) is 2.49. The van der Waals surface area contributed by atoms with Gasteiger partial charge >= 0.3 is 5.97 Å².